The molecular weight excluding hydrogens is 295 g/mol. The summed E-state index contributed by atoms with van der Waals surface area (Å²) in [7, 11) is 1.59. The van der Waals surface area contributed by atoms with E-state index in [9.17, 15) is 4.39 Å². The van der Waals surface area contributed by atoms with E-state index in [2.05, 4.69) is 4.98 Å². The Bertz CT molecular complexity index is 686. The summed E-state index contributed by atoms with van der Waals surface area (Å²) in [6.45, 7) is 0.512. The van der Waals surface area contributed by atoms with E-state index < -0.39 is 5.82 Å². The molecule has 0 aliphatic heterocycles. The van der Waals surface area contributed by atoms with Gasteiger partial charge in [0.05, 0.1) is 6.61 Å². The minimum absolute atomic E-state index is 0.0205. The van der Waals surface area contributed by atoms with Crippen molar-refractivity contribution in [1.29, 1.82) is 5.26 Å². The Morgan fingerprint density at radius 1 is 1.33 bits per heavy atom. The van der Waals surface area contributed by atoms with Crippen molar-refractivity contribution in [1.82, 2.24) is 4.98 Å². The highest BCUT2D eigenvalue weighted by molar-refractivity contribution is 6.30. The summed E-state index contributed by atoms with van der Waals surface area (Å²) >= 11 is 5.80. The fourth-order valence-electron chi connectivity index (χ4n) is 1.73. The van der Waals surface area contributed by atoms with Crippen molar-refractivity contribution in [2.75, 3.05) is 13.7 Å². The van der Waals surface area contributed by atoms with Crippen molar-refractivity contribution in [2.24, 2.45) is 0 Å². The van der Waals surface area contributed by atoms with Crippen LogP contribution in [0.3, 0.4) is 0 Å². The normalized spacial score (nSPS) is 10.2. The Morgan fingerprint density at radius 3 is 2.81 bits per heavy atom. The maximum absolute atomic E-state index is 14.0. The SMILES string of the molecule is COCCc1ccc(Oc2ccnc(Cl)c2C#N)c(F)c1. The monoisotopic (exact) mass is 306 g/mol. The molecule has 0 unspecified atom stereocenters. The van der Waals surface area contributed by atoms with Crippen LogP contribution in [0.25, 0.3) is 0 Å². The van der Waals surface area contributed by atoms with E-state index in [0.29, 0.717) is 13.0 Å². The average molecular weight is 307 g/mol. The topological polar surface area (TPSA) is 55.1 Å². The molecule has 0 spiro atoms. The average Bonchev–Trinajstić information content (AvgIpc) is 2.48. The molecule has 21 heavy (non-hydrogen) atoms. The Morgan fingerprint density at radius 2 is 2.14 bits per heavy atom. The molecule has 0 amide bonds. The summed E-state index contributed by atoms with van der Waals surface area (Å²) in [6.07, 6.45) is 2.00. The van der Waals surface area contributed by atoms with Crippen LogP contribution >= 0.6 is 11.6 Å². The van der Waals surface area contributed by atoms with Crippen LogP contribution in [-0.2, 0) is 11.2 Å². The molecule has 4 nitrogen and oxygen atoms in total. The first kappa shape index (κ1) is 15.2. The predicted molar refractivity (Wildman–Crippen MR) is 76.0 cm³/mol. The number of nitriles is 1. The molecule has 0 aliphatic carbocycles. The first-order chi connectivity index (χ1) is 10.2. The first-order valence-corrected chi connectivity index (χ1v) is 6.53. The largest absolute Gasteiger partial charge is 0.453 e. The van der Waals surface area contributed by atoms with Gasteiger partial charge in [0.1, 0.15) is 17.4 Å². The lowest BCUT2D eigenvalue weighted by molar-refractivity contribution is 0.202. The standard InChI is InChI=1S/C15H12ClFN2O2/c1-20-7-5-10-2-3-14(12(17)8-10)21-13-4-6-19-15(16)11(13)9-18/h2-4,6,8H,5,7H2,1H3. The molecule has 0 fully saturated rings. The summed E-state index contributed by atoms with van der Waals surface area (Å²) in [5.41, 5.74) is 0.872. The predicted octanol–water partition coefficient (Wildman–Crippen LogP) is 3.73. The molecule has 6 heteroatoms. The minimum Gasteiger partial charge on any atom is -0.453 e. The lowest BCUT2D eigenvalue weighted by Crippen LogP contribution is -1.97. The van der Waals surface area contributed by atoms with Gasteiger partial charge in [-0.25, -0.2) is 9.37 Å². The van der Waals surface area contributed by atoms with Crippen molar-refractivity contribution in [2.45, 2.75) is 6.42 Å². The van der Waals surface area contributed by atoms with Crippen molar-refractivity contribution in [3.8, 4) is 17.6 Å². The third kappa shape index (κ3) is 3.69. The van der Waals surface area contributed by atoms with Crippen molar-refractivity contribution >= 4 is 11.6 Å². The Balaban J connectivity index is 2.25. The summed E-state index contributed by atoms with van der Waals surface area (Å²) < 4.78 is 24.4. The van der Waals surface area contributed by atoms with Crippen LogP contribution in [0.2, 0.25) is 5.15 Å². The summed E-state index contributed by atoms with van der Waals surface area (Å²) in [4.78, 5) is 3.78. The number of ether oxygens (including phenoxy) is 2. The van der Waals surface area contributed by atoms with Gasteiger partial charge in [-0.15, -0.1) is 0 Å². The van der Waals surface area contributed by atoms with Crippen molar-refractivity contribution in [3.05, 3.63) is 52.6 Å². The van der Waals surface area contributed by atoms with E-state index in [1.165, 1.54) is 24.4 Å². The lowest BCUT2D eigenvalue weighted by Gasteiger charge is -2.10. The number of aromatic nitrogens is 1. The molecule has 0 N–H and O–H groups in total. The lowest BCUT2D eigenvalue weighted by atomic mass is 10.1. The van der Waals surface area contributed by atoms with Crippen molar-refractivity contribution in [3.63, 3.8) is 0 Å². The number of halogens is 2. The molecule has 1 aromatic carbocycles. The highest BCUT2D eigenvalue weighted by Crippen LogP contribution is 2.30. The quantitative estimate of drug-likeness (QED) is 0.790. The van der Waals surface area contributed by atoms with Gasteiger partial charge in [-0.1, -0.05) is 17.7 Å². The van der Waals surface area contributed by atoms with Crippen LogP contribution in [0, 0.1) is 17.1 Å². The molecule has 0 saturated carbocycles. The molecule has 108 valence electrons. The molecule has 2 rings (SSSR count). The highest BCUT2D eigenvalue weighted by Gasteiger charge is 2.12. The van der Waals surface area contributed by atoms with Gasteiger partial charge in [-0.2, -0.15) is 5.26 Å². The maximum atomic E-state index is 14.0. The Kier molecular flexibility index (Phi) is 5.09. The number of rotatable bonds is 5. The number of hydrogen-bond donors (Lipinski definition) is 0. The number of benzene rings is 1. The number of pyridine rings is 1. The van der Waals surface area contributed by atoms with Crippen LogP contribution in [0.1, 0.15) is 11.1 Å². The maximum Gasteiger partial charge on any atom is 0.165 e. The molecule has 1 heterocycles. The molecular formula is C15H12ClFN2O2. The number of nitrogens with zero attached hydrogens (tertiary/aromatic N) is 2. The summed E-state index contributed by atoms with van der Waals surface area (Å²) in [5, 5.41) is 9.05. The first-order valence-electron chi connectivity index (χ1n) is 6.15. The molecule has 2 aromatic rings. The van der Waals surface area contributed by atoms with Gasteiger partial charge in [0.15, 0.2) is 16.7 Å². The van der Waals surface area contributed by atoms with Gasteiger partial charge >= 0.3 is 0 Å². The second-order valence-corrected chi connectivity index (χ2v) is 4.55. The molecule has 0 aliphatic rings. The minimum atomic E-state index is -0.513. The molecule has 0 saturated heterocycles. The molecule has 0 bridgehead atoms. The van der Waals surface area contributed by atoms with Gasteiger partial charge in [-0.3, -0.25) is 0 Å². The van der Waals surface area contributed by atoms with E-state index >= 15 is 0 Å². The fraction of sp³-hybridized carbons (Fsp3) is 0.200. The second-order valence-electron chi connectivity index (χ2n) is 4.20. The fourth-order valence-corrected chi connectivity index (χ4v) is 1.92. The van der Waals surface area contributed by atoms with Gasteiger partial charge in [-0.05, 0) is 24.1 Å². The smallest absolute Gasteiger partial charge is 0.165 e. The summed E-state index contributed by atoms with van der Waals surface area (Å²) in [6, 6.07) is 7.98. The third-order valence-electron chi connectivity index (χ3n) is 2.79. The van der Waals surface area contributed by atoms with E-state index in [0.717, 1.165) is 5.56 Å². The van der Waals surface area contributed by atoms with Gasteiger partial charge in [0, 0.05) is 19.4 Å². The Labute approximate surface area is 126 Å². The van der Waals surface area contributed by atoms with Crippen LogP contribution in [0.5, 0.6) is 11.5 Å². The Hall–Kier alpha value is -2.16. The van der Waals surface area contributed by atoms with Crippen LogP contribution < -0.4 is 4.74 Å². The van der Waals surface area contributed by atoms with E-state index in [1.807, 2.05) is 6.07 Å². The third-order valence-corrected chi connectivity index (χ3v) is 3.08. The zero-order valence-corrected chi connectivity index (χ0v) is 12.0. The van der Waals surface area contributed by atoms with Gasteiger partial charge in [0.2, 0.25) is 0 Å². The summed E-state index contributed by atoms with van der Waals surface area (Å²) in [5.74, 6) is -0.323. The van der Waals surface area contributed by atoms with Crippen LogP contribution in [-0.4, -0.2) is 18.7 Å². The molecule has 0 radical (unpaired) electrons. The molecule has 1 aromatic heterocycles. The van der Waals surface area contributed by atoms with E-state index in [-0.39, 0.29) is 22.2 Å². The number of methoxy groups -OCH3 is 1. The second kappa shape index (κ2) is 7.02. The molecule has 0 atom stereocenters. The van der Waals surface area contributed by atoms with Crippen LogP contribution in [0.4, 0.5) is 4.39 Å². The van der Waals surface area contributed by atoms with Crippen LogP contribution in [0.15, 0.2) is 30.5 Å². The van der Waals surface area contributed by atoms with Crippen molar-refractivity contribution < 1.29 is 13.9 Å². The zero-order chi connectivity index (χ0) is 15.2. The number of hydrogen-bond acceptors (Lipinski definition) is 4. The van der Waals surface area contributed by atoms with E-state index in [4.69, 9.17) is 26.3 Å². The zero-order valence-electron chi connectivity index (χ0n) is 11.3. The highest BCUT2D eigenvalue weighted by atomic mass is 35.5. The van der Waals surface area contributed by atoms with Gasteiger partial charge in [0.25, 0.3) is 0 Å². The van der Waals surface area contributed by atoms with Gasteiger partial charge < -0.3 is 9.47 Å². The van der Waals surface area contributed by atoms with E-state index in [1.54, 1.807) is 13.2 Å².